The van der Waals surface area contributed by atoms with Crippen molar-refractivity contribution < 1.29 is 24.4 Å². The van der Waals surface area contributed by atoms with Gasteiger partial charge in [-0.2, -0.15) is 0 Å². The molecule has 0 spiro atoms. The maximum absolute atomic E-state index is 11.8. The minimum atomic E-state index is -1.09. The van der Waals surface area contributed by atoms with Gasteiger partial charge in [0, 0.05) is 24.2 Å². The van der Waals surface area contributed by atoms with Gasteiger partial charge in [0.25, 0.3) is 11.6 Å². The molecule has 1 amide bonds. The number of hydrogen-bond donors (Lipinski definition) is 2. The lowest BCUT2D eigenvalue weighted by atomic mass is 10.1. The molecule has 0 heterocycles. The van der Waals surface area contributed by atoms with Crippen molar-refractivity contribution in [1.82, 2.24) is 5.32 Å². The van der Waals surface area contributed by atoms with Crippen LogP contribution in [-0.2, 0) is 9.53 Å². The molecule has 0 aliphatic heterocycles. The average Bonchev–Trinajstić information content (AvgIpc) is 2.37. The summed E-state index contributed by atoms with van der Waals surface area (Å²) in [5, 5.41) is 21.5. The second-order valence-electron chi connectivity index (χ2n) is 3.96. The first-order chi connectivity index (χ1) is 9.41. The van der Waals surface area contributed by atoms with Gasteiger partial charge in [0.05, 0.1) is 11.5 Å². The monoisotopic (exact) mass is 282 g/mol. The topological polar surface area (TPSA) is 119 Å². The Bertz CT molecular complexity index is 529. The van der Waals surface area contributed by atoms with Crippen molar-refractivity contribution in [3.05, 3.63) is 39.4 Å². The summed E-state index contributed by atoms with van der Waals surface area (Å²) in [7, 11) is 0. The Morgan fingerprint density at radius 1 is 1.45 bits per heavy atom. The lowest BCUT2D eigenvalue weighted by Crippen LogP contribution is -2.28. The Morgan fingerprint density at radius 3 is 2.75 bits per heavy atom. The van der Waals surface area contributed by atoms with Crippen LogP contribution in [0, 0.1) is 17.0 Å². The Labute approximate surface area is 114 Å². The van der Waals surface area contributed by atoms with Crippen molar-refractivity contribution >= 4 is 17.6 Å². The number of benzene rings is 1. The molecule has 0 bridgehead atoms. The molecule has 8 nitrogen and oxygen atoms in total. The van der Waals surface area contributed by atoms with Gasteiger partial charge in [-0.3, -0.25) is 14.9 Å². The molecule has 1 aromatic carbocycles. The van der Waals surface area contributed by atoms with Crippen molar-refractivity contribution in [1.29, 1.82) is 0 Å². The normalized spacial score (nSPS) is 10.1. The van der Waals surface area contributed by atoms with Crippen molar-refractivity contribution in [3.8, 4) is 0 Å². The molecule has 0 fully saturated rings. The number of aliphatic carboxylic acids is 1. The van der Waals surface area contributed by atoms with Crippen LogP contribution >= 0.6 is 0 Å². The Kier molecular flexibility index (Phi) is 5.60. The maximum atomic E-state index is 11.8. The number of carboxylic acids is 1. The maximum Gasteiger partial charge on any atom is 0.329 e. The number of nitrogens with zero attached hydrogens (tertiary/aromatic N) is 1. The molecule has 0 aliphatic carbocycles. The zero-order valence-corrected chi connectivity index (χ0v) is 10.8. The van der Waals surface area contributed by atoms with Gasteiger partial charge in [0.1, 0.15) is 6.61 Å². The molecule has 1 rings (SSSR count). The van der Waals surface area contributed by atoms with E-state index in [2.05, 4.69) is 5.32 Å². The smallest absolute Gasteiger partial charge is 0.329 e. The fourth-order valence-corrected chi connectivity index (χ4v) is 1.46. The van der Waals surface area contributed by atoms with E-state index in [1.165, 1.54) is 18.2 Å². The van der Waals surface area contributed by atoms with E-state index in [9.17, 15) is 19.7 Å². The van der Waals surface area contributed by atoms with Crippen LogP contribution in [0.1, 0.15) is 15.9 Å². The fourth-order valence-electron chi connectivity index (χ4n) is 1.46. The predicted octanol–water partition coefficient (Wildman–Crippen LogP) is 0.734. The summed E-state index contributed by atoms with van der Waals surface area (Å²) in [4.78, 5) is 32.1. The average molecular weight is 282 g/mol. The molecule has 0 unspecified atom stereocenters. The van der Waals surface area contributed by atoms with Gasteiger partial charge in [0.2, 0.25) is 0 Å². The minimum absolute atomic E-state index is 0.0476. The van der Waals surface area contributed by atoms with Crippen LogP contribution in [0.2, 0.25) is 0 Å². The number of rotatable bonds is 7. The van der Waals surface area contributed by atoms with E-state index >= 15 is 0 Å². The largest absolute Gasteiger partial charge is 0.480 e. The molecule has 1 aromatic rings. The molecule has 108 valence electrons. The van der Waals surface area contributed by atoms with Gasteiger partial charge < -0.3 is 15.2 Å². The van der Waals surface area contributed by atoms with Crippen LogP contribution in [0.5, 0.6) is 0 Å². The van der Waals surface area contributed by atoms with Gasteiger partial charge in [-0.1, -0.05) is 6.07 Å². The molecule has 0 aromatic heterocycles. The number of nitro groups is 1. The highest BCUT2D eigenvalue weighted by Crippen LogP contribution is 2.17. The summed E-state index contributed by atoms with van der Waals surface area (Å²) in [5.41, 5.74) is 0.653. The minimum Gasteiger partial charge on any atom is -0.480 e. The van der Waals surface area contributed by atoms with Crippen molar-refractivity contribution in [2.75, 3.05) is 19.8 Å². The molecule has 0 saturated heterocycles. The Hall–Kier alpha value is -2.48. The van der Waals surface area contributed by atoms with Crippen LogP contribution in [-0.4, -0.2) is 41.7 Å². The summed E-state index contributed by atoms with van der Waals surface area (Å²) in [6, 6.07) is 4.01. The molecule has 0 aliphatic rings. The Balaban J connectivity index is 2.57. The molecule has 20 heavy (non-hydrogen) atoms. The van der Waals surface area contributed by atoms with Crippen LogP contribution in [0.4, 0.5) is 5.69 Å². The third-order valence-electron chi connectivity index (χ3n) is 2.43. The van der Waals surface area contributed by atoms with Crippen LogP contribution in [0.15, 0.2) is 18.2 Å². The summed E-state index contributed by atoms with van der Waals surface area (Å²) in [6.45, 7) is 1.39. The number of amides is 1. The summed E-state index contributed by atoms with van der Waals surface area (Å²) >= 11 is 0. The van der Waals surface area contributed by atoms with Gasteiger partial charge in [-0.25, -0.2) is 4.79 Å². The molecule has 0 atom stereocenters. The number of hydrogen-bond acceptors (Lipinski definition) is 5. The number of nitrogens with one attached hydrogen (secondary N) is 1. The summed E-state index contributed by atoms with van der Waals surface area (Å²) in [6.07, 6.45) is 0. The van der Waals surface area contributed by atoms with Gasteiger partial charge in [-0.05, 0) is 12.5 Å². The van der Waals surface area contributed by atoms with E-state index in [0.717, 1.165) is 0 Å². The van der Waals surface area contributed by atoms with E-state index in [-0.39, 0.29) is 24.4 Å². The van der Waals surface area contributed by atoms with Gasteiger partial charge >= 0.3 is 5.97 Å². The second-order valence-corrected chi connectivity index (χ2v) is 3.96. The number of carboxylic acid groups (broad SMARTS) is 1. The zero-order chi connectivity index (χ0) is 15.1. The standard InChI is InChI=1S/C12H14N2O6/c1-8-2-3-9(14(18)19)6-10(8)12(17)13-4-5-20-7-11(15)16/h2-3,6H,4-5,7H2,1H3,(H,13,17)(H,15,16). The number of nitro benzene ring substituents is 1. The van der Waals surface area contributed by atoms with Crippen LogP contribution in [0.3, 0.4) is 0 Å². The molecule has 0 radical (unpaired) electrons. The summed E-state index contributed by atoms with van der Waals surface area (Å²) < 4.78 is 4.75. The number of carbonyl (C=O) groups excluding carboxylic acids is 1. The lowest BCUT2D eigenvalue weighted by molar-refractivity contribution is -0.384. The molecule has 2 N–H and O–H groups in total. The number of non-ortho nitro benzene ring substituents is 1. The fraction of sp³-hybridized carbons (Fsp3) is 0.333. The summed E-state index contributed by atoms with van der Waals surface area (Å²) in [5.74, 6) is -1.56. The zero-order valence-electron chi connectivity index (χ0n) is 10.8. The van der Waals surface area contributed by atoms with E-state index in [1.54, 1.807) is 6.92 Å². The van der Waals surface area contributed by atoms with E-state index in [4.69, 9.17) is 9.84 Å². The molecule has 0 saturated carbocycles. The first-order valence-electron chi connectivity index (χ1n) is 5.74. The van der Waals surface area contributed by atoms with E-state index in [0.29, 0.717) is 5.56 Å². The number of ether oxygens (including phenoxy) is 1. The molecule has 8 heteroatoms. The van der Waals surface area contributed by atoms with Gasteiger partial charge in [0.15, 0.2) is 0 Å². The van der Waals surface area contributed by atoms with Gasteiger partial charge in [-0.15, -0.1) is 0 Å². The number of aryl methyl sites for hydroxylation is 1. The first kappa shape index (κ1) is 15.6. The third kappa shape index (κ3) is 4.65. The van der Waals surface area contributed by atoms with Crippen molar-refractivity contribution in [2.24, 2.45) is 0 Å². The van der Waals surface area contributed by atoms with E-state index < -0.39 is 23.4 Å². The lowest BCUT2D eigenvalue weighted by Gasteiger charge is -2.07. The highest BCUT2D eigenvalue weighted by Gasteiger charge is 2.14. The van der Waals surface area contributed by atoms with Crippen molar-refractivity contribution in [2.45, 2.75) is 6.92 Å². The SMILES string of the molecule is Cc1ccc([N+](=O)[O-])cc1C(=O)NCCOCC(=O)O. The van der Waals surface area contributed by atoms with Crippen LogP contribution < -0.4 is 5.32 Å². The van der Waals surface area contributed by atoms with Crippen LogP contribution in [0.25, 0.3) is 0 Å². The predicted molar refractivity (Wildman–Crippen MR) is 68.6 cm³/mol. The van der Waals surface area contributed by atoms with E-state index in [1.807, 2.05) is 0 Å². The van der Waals surface area contributed by atoms with Crippen molar-refractivity contribution in [3.63, 3.8) is 0 Å². The third-order valence-corrected chi connectivity index (χ3v) is 2.43. The molecular formula is C12H14N2O6. The first-order valence-corrected chi connectivity index (χ1v) is 5.74. The highest BCUT2D eigenvalue weighted by molar-refractivity contribution is 5.96. The molecular weight excluding hydrogens is 268 g/mol. The highest BCUT2D eigenvalue weighted by atomic mass is 16.6. The number of carbonyl (C=O) groups is 2. The quantitative estimate of drug-likeness (QED) is 0.432. The second kappa shape index (κ2) is 7.19. The Morgan fingerprint density at radius 2 is 2.15 bits per heavy atom.